The van der Waals surface area contributed by atoms with Crippen LogP contribution in [-0.2, 0) is 0 Å². The maximum absolute atomic E-state index is 12.2. The number of hydrogen-bond acceptors (Lipinski definition) is 7. The number of aromatic nitrogens is 2. The molecule has 3 rings (SSSR count). The molecule has 0 radical (unpaired) electrons. The van der Waals surface area contributed by atoms with Gasteiger partial charge in [-0.25, -0.2) is 9.97 Å². The van der Waals surface area contributed by atoms with Crippen LogP contribution in [0.4, 0.5) is 17.3 Å². The van der Waals surface area contributed by atoms with Gasteiger partial charge < -0.3 is 5.32 Å². The van der Waals surface area contributed by atoms with E-state index in [4.69, 9.17) is 0 Å². The van der Waals surface area contributed by atoms with Gasteiger partial charge in [-0.2, -0.15) is 0 Å². The van der Waals surface area contributed by atoms with Gasteiger partial charge in [0.2, 0.25) is 11.6 Å². The van der Waals surface area contributed by atoms with Gasteiger partial charge in [-0.1, -0.05) is 37.0 Å². The van der Waals surface area contributed by atoms with Crippen molar-refractivity contribution in [1.29, 1.82) is 0 Å². The molecule has 2 aromatic rings. The number of nitrogens with zero attached hydrogens (tertiary/aromatic N) is 3. The summed E-state index contributed by atoms with van der Waals surface area (Å²) >= 11 is 0. The van der Waals surface area contributed by atoms with Gasteiger partial charge in [-0.3, -0.25) is 25.8 Å². The molecule has 1 aliphatic rings. The molecule has 1 fully saturated rings. The Morgan fingerprint density at radius 1 is 1.11 bits per heavy atom. The Morgan fingerprint density at radius 2 is 1.78 bits per heavy atom. The number of benzene rings is 1. The molecule has 9 heteroatoms. The molecule has 3 N–H and O–H groups in total. The highest BCUT2D eigenvalue weighted by molar-refractivity contribution is 5.95. The van der Waals surface area contributed by atoms with Gasteiger partial charge in [-0.15, -0.1) is 0 Å². The zero-order valence-electron chi connectivity index (χ0n) is 15.1. The van der Waals surface area contributed by atoms with Crippen LogP contribution in [0.5, 0.6) is 0 Å². The van der Waals surface area contributed by atoms with E-state index in [1.54, 1.807) is 12.1 Å². The Kier molecular flexibility index (Phi) is 5.80. The molecule has 0 unspecified atom stereocenters. The molecule has 27 heavy (non-hydrogen) atoms. The molecule has 0 bridgehead atoms. The van der Waals surface area contributed by atoms with Crippen molar-refractivity contribution in [3.63, 3.8) is 0 Å². The minimum atomic E-state index is -0.550. The van der Waals surface area contributed by atoms with Gasteiger partial charge in [0.15, 0.2) is 0 Å². The van der Waals surface area contributed by atoms with Gasteiger partial charge in [0.05, 0.1) is 4.92 Å². The number of amides is 1. The number of carbonyl (C=O) groups excluding carboxylic acids is 1. The van der Waals surface area contributed by atoms with E-state index in [0.717, 1.165) is 31.2 Å². The molecule has 1 aliphatic carbocycles. The largest absolute Gasteiger partial charge is 0.361 e. The van der Waals surface area contributed by atoms with Gasteiger partial charge in [0, 0.05) is 11.6 Å². The van der Waals surface area contributed by atoms with Crippen LogP contribution in [0.1, 0.15) is 48.0 Å². The summed E-state index contributed by atoms with van der Waals surface area (Å²) in [6.45, 7) is 1.92. The third-order valence-corrected chi connectivity index (χ3v) is 4.56. The number of hydrazine groups is 1. The van der Waals surface area contributed by atoms with Crippen molar-refractivity contribution in [3.05, 3.63) is 51.8 Å². The summed E-state index contributed by atoms with van der Waals surface area (Å²) < 4.78 is 0. The minimum absolute atomic E-state index is 0.0613. The van der Waals surface area contributed by atoms with E-state index in [-0.39, 0.29) is 23.4 Å². The highest BCUT2D eigenvalue weighted by Gasteiger charge is 2.26. The first-order chi connectivity index (χ1) is 13.0. The van der Waals surface area contributed by atoms with Crippen molar-refractivity contribution in [1.82, 2.24) is 15.4 Å². The second-order valence-corrected chi connectivity index (χ2v) is 6.60. The molecule has 1 aromatic heterocycles. The van der Waals surface area contributed by atoms with Crippen LogP contribution >= 0.6 is 0 Å². The van der Waals surface area contributed by atoms with Crippen molar-refractivity contribution in [2.24, 2.45) is 0 Å². The molecule has 1 saturated carbocycles. The van der Waals surface area contributed by atoms with Crippen LogP contribution < -0.4 is 16.2 Å². The molecule has 9 nitrogen and oxygen atoms in total. The fraction of sp³-hybridized carbons (Fsp3) is 0.389. The maximum atomic E-state index is 12.2. The summed E-state index contributed by atoms with van der Waals surface area (Å²) in [4.78, 5) is 31.2. The SMILES string of the molecule is Cc1ccc(C(=O)NNc2ncnc(NC3CCCCC3)c2[N+](=O)[O-])cc1. The van der Waals surface area contributed by atoms with E-state index in [0.29, 0.717) is 5.56 Å². The van der Waals surface area contributed by atoms with Crippen LogP contribution in [0, 0.1) is 17.0 Å². The number of nitrogens with one attached hydrogen (secondary N) is 3. The molecule has 0 atom stereocenters. The van der Waals surface area contributed by atoms with Gasteiger partial charge in [-0.05, 0) is 31.9 Å². The molecule has 1 heterocycles. The average molecular weight is 370 g/mol. The smallest absolute Gasteiger partial charge is 0.354 e. The monoisotopic (exact) mass is 370 g/mol. The lowest BCUT2D eigenvalue weighted by Crippen LogP contribution is -2.30. The van der Waals surface area contributed by atoms with E-state index in [9.17, 15) is 14.9 Å². The lowest BCUT2D eigenvalue weighted by atomic mass is 9.95. The molecular formula is C18H22N6O3. The highest BCUT2D eigenvalue weighted by Crippen LogP contribution is 2.31. The van der Waals surface area contributed by atoms with E-state index < -0.39 is 10.8 Å². The van der Waals surface area contributed by atoms with Gasteiger partial charge in [0.25, 0.3) is 5.91 Å². The highest BCUT2D eigenvalue weighted by atomic mass is 16.6. The fourth-order valence-corrected chi connectivity index (χ4v) is 3.08. The predicted octanol–water partition coefficient (Wildman–Crippen LogP) is 3.19. The fourth-order valence-electron chi connectivity index (χ4n) is 3.08. The van der Waals surface area contributed by atoms with Crippen molar-refractivity contribution in [3.8, 4) is 0 Å². The van der Waals surface area contributed by atoms with E-state index >= 15 is 0 Å². The first-order valence-corrected chi connectivity index (χ1v) is 8.93. The predicted molar refractivity (Wildman–Crippen MR) is 101 cm³/mol. The van der Waals surface area contributed by atoms with Crippen LogP contribution in [0.15, 0.2) is 30.6 Å². The van der Waals surface area contributed by atoms with Crippen molar-refractivity contribution >= 4 is 23.2 Å². The van der Waals surface area contributed by atoms with Gasteiger partial charge >= 0.3 is 5.69 Å². The average Bonchev–Trinajstić information content (AvgIpc) is 2.67. The summed E-state index contributed by atoms with van der Waals surface area (Å²) in [5.74, 6) is -0.313. The van der Waals surface area contributed by atoms with Crippen LogP contribution in [0.25, 0.3) is 0 Å². The lowest BCUT2D eigenvalue weighted by Gasteiger charge is -2.23. The van der Waals surface area contributed by atoms with Crippen molar-refractivity contribution in [2.45, 2.75) is 45.1 Å². The van der Waals surface area contributed by atoms with Crippen molar-refractivity contribution in [2.75, 3.05) is 10.7 Å². The summed E-state index contributed by atoms with van der Waals surface area (Å²) in [5.41, 5.74) is 6.18. The number of anilines is 2. The molecular weight excluding hydrogens is 348 g/mol. The number of hydrogen-bond donors (Lipinski definition) is 3. The zero-order chi connectivity index (χ0) is 19.2. The normalized spacial score (nSPS) is 14.4. The van der Waals surface area contributed by atoms with E-state index in [1.807, 2.05) is 19.1 Å². The first kappa shape index (κ1) is 18.6. The molecule has 1 aromatic carbocycles. The standard InChI is InChI=1S/C18H22N6O3/c1-12-7-9-13(10-8-12)18(25)23-22-17-15(24(26)27)16(19-11-20-17)21-14-5-3-2-4-6-14/h7-11,14H,2-6H2,1H3,(H,23,25)(H2,19,20,21,22). The molecule has 1 amide bonds. The topological polar surface area (TPSA) is 122 Å². The number of carbonyl (C=O) groups is 1. The summed E-state index contributed by atoms with van der Waals surface area (Å²) in [5, 5.41) is 14.7. The van der Waals surface area contributed by atoms with E-state index in [1.165, 1.54) is 12.7 Å². The second kappa shape index (κ2) is 8.43. The lowest BCUT2D eigenvalue weighted by molar-refractivity contribution is -0.383. The molecule has 0 spiro atoms. The van der Waals surface area contributed by atoms with Crippen LogP contribution in [0.2, 0.25) is 0 Å². The second-order valence-electron chi connectivity index (χ2n) is 6.60. The summed E-state index contributed by atoms with van der Waals surface area (Å²) in [7, 11) is 0. The maximum Gasteiger partial charge on any atom is 0.354 e. The summed E-state index contributed by atoms with van der Waals surface area (Å²) in [6.07, 6.45) is 6.51. The van der Waals surface area contributed by atoms with E-state index in [2.05, 4.69) is 26.1 Å². The van der Waals surface area contributed by atoms with Crippen molar-refractivity contribution < 1.29 is 9.72 Å². The zero-order valence-corrected chi connectivity index (χ0v) is 15.1. The number of aryl methyl sites for hydroxylation is 1. The Bertz CT molecular complexity index is 818. The third-order valence-electron chi connectivity index (χ3n) is 4.56. The van der Waals surface area contributed by atoms with Gasteiger partial charge in [0.1, 0.15) is 6.33 Å². The minimum Gasteiger partial charge on any atom is -0.361 e. The Labute approximate surface area is 156 Å². The third kappa shape index (κ3) is 4.69. The molecule has 142 valence electrons. The Morgan fingerprint density at radius 3 is 2.44 bits per heavy atom. The summed E-state index contributed by atoms with van der Waals surface area (Å²) in [6, 6.07) is 7.14. The number of nitro groups is 1. The Hall–Kier alpha value is -3.23. The Balaban J connectivity index is 1.74. The molecule has 0 aliphatic heterocycles. The van der Waals surface area contributed by atoms with Crippen LogP contribution in [0.3, 0.4) is 0 Å². The molecule has 0 saturated heterocycles. The van der Waals surface area contributed by atoms with Crippen LogP contribution in [-0.4, -0.2) is 26.8 Å². The first-order valence-electron chi connectivity index (χ1n) is 8.93. The number of rotatable bonds is 6. The quantitative estimate of drug-likeness (QED) is 0.527.